The van der Waals surface area contributed by atoms with E-state index in [0.29, 0.717) is 33.3 Å². The second-order valence-electron chi connectivity index (χ2n) is 7.80. The molecule has 0 fully saturated rings. The maximum Gasteiger partial charge on any atom is 0.282 e. The Hall–Kier alpha value is -3.57. The molecule has 0 aromatic heterocycles. The third-order valence-corrected chi connectivity index (χ3v) is 5.92. The first-order valence-electron chi connectivity index (χ1n) is 10.2. The van der Waals surface area contributed by atoms with Crippen LogP contribution in [0.5, 0.6) is 5.75 Å². The summed E-state index contributed by atoms with van der Waals surface area (Å²) in [5.41, 5.74) is 5.06. The fourth-order valence-corrected chi connectivity index (χ4v) is 3.85. The molecule has 0 radical (unpaired) electrons. The van der Waals surface area contributed by atoms with Crippen LogP contribution in [-0.4, -0.2) is 18.9 Å². The van der Waals surface area contributed by atoms with Crippen molar-refractivity contribution in [1.82, 2.24) is 0 Å². The number of imide groups is 1. The predicted molar refractivity (Wildman–Crippen MR) is 128 cm³/mol. The van der Waals surface area contributed by atoms with Crippen molar-refractivity contribution in [2.45, 2.75) is 20.8 Å². The van der Waals surface area contributed by atoms with Crippen molar-refractivity contribution in [1.29, 1.82) is 0 Å². The first kappa shape index (κ1) is 21.7. The molecule has 1 heterocycles. The van der Waals surface area contributed by atoms with Gasteiger partial charge in [0.25, 0.3) is 11.8 Å². The second-order valence-corrected chi connectivity index (χ2v) is 8.21. The molecule has 4 rings (SSSR count). The van der Waals surface area contributed by atoms with Gasteiger partial charge in [-0.05, 0) is 73.4 Å². The average molecular weight is 447 g/mol. The van der Waals surface area contributed by atoms with Crippen LogP contribution in [0, 0.1) is 20.8 Å². The van der Waals surface area contributed by atoms with Gasteiger partial charge in [-0.2, -0.15) is 0 Å². The van der Waals surface area contributed by atoms with Crippen LogP contribution in [-0.2, 0) is 9.59 Å². The summed E-state index contributed by atoms with van der Waals surface area (Å²) >= 11 is 6.28. The summed E-state index contributed by atoms with van der Waals surface area (Å²) < 4.78 is 5.24. The molecule has 0 spiro atoms. The van der Waals surface area contributed by atoms with Crippen molar-refractivity contribution in [3.63, 3.8) is 0 Å². The molecule has 0 unspecified atom stereocenters. The lowest BCUT2D eigenvalue weighted by molar-refractivity contribution is -0.120. The Balaban J connectivity index is 1.84. The van der Waals surface area contributed by atoms with E-state index in [1.165, 1.54) is 4.90 Å². The normalized spacial score (nSPS) is 13.7. The number of methoxy groups -OCH3 is 1. The van der Waals surface area contributed by atoms with Crippen LogP contribution < -0.4 is 15.0 Å². The summed E-state index contributed by atoms with van der Waals surface area (Å²) in [7, 11) is 1.58. The molecule has 3 aromatic rings. The molecule has 0 saturated heterocycles. The first-order chi connectivity index (χ1) is 15.3. The van der Waals surface area contributed by atoms with Gasteiger partial charge in [0.1, 0.15) is 11.4 Å². The maximum atomic E-state index is 13.6. The van der Waals surface area contributed by atoms with Crippen LogP contribution in [0.15, 0.2) is 66.4 Å². The van der Waals surface area contributed by atoms with Crippen LogP contribution >= 0.6 is 11.6 Å². The predicted octanol–water partition coefficient (Wildman–Crippen LogP) is 5.67. The summed E-state index contributed by atoms with van der Waals surface area (Å²) in [4.78, 5) is 28.4. The molecule has 0 bridgehead atoms. The molecule has 0 saturated carbocycles. The van der Waals surface area contributed by atoms with E-state index in [0.717, 1.165) is 16.7 Å². The first-order valence-corrected chi connectivity index (χ1v) is 10.6. The monoisotopic (exact) mass is 446 g/mol. The van der Waals surface area contributed by atoms with Crippen LogP contribution in [0.4, 0.5) is 11.4 Å². The lowest BCUT2D eigenvalue weighted by Crippen LogP contribution is -2.33. The number of carbonyl (C=O) groups excluding carboxylic acids is 2. The summed E-state index contributed by atoms with van der Waals surface area (Å²) in [6, 6.07) is 18.2. The average Bonchev–Trinajstić information content (AvgIpc) is 3.02. The number of anilines is 2. The Bertz CT molecular complexity index is 1260. The third-order valence-electron chi connectivity index (χ3n) is 5.51. The standard InChI is InChI=1S/C26H23ClN2O3/c1-15-5-6-17(3)22(13-15)29-25(30)23(18-8-11-20(32-4)12-9-18)24(26(29)31)28-19-10-7-16(2)21(27)14-19/h5-14,28H,1-4H3. The zero-order valence-electron chi connectivity index (χ0n) is 18.3. The molecule has 32 heavy (non-hydrogen) atoms. The van der Waals surface area contributed by atoms with Crippen LogP contribution in [0.1, 0.15) is 22.3 Å². The third kappa shape index (κ3) is 3.87. The van der Waals surface area contributed by atoms with E-state index in [2.05, 4.69) is 5.32 Å². The summed E-state index contributed by atoms with van der Waals surface area (Å²) in [5.74, 6) is -0.127. The number of hydrogen-bond donors (Lipinski definition) is 1. The highest BCUT2D eigenvalue weighted by Crippen LogP contribution is 2.36. The van der Waals surface area contributed by atoms with E-state index in [4.69, 9.17) is 16.3 Å². The Labute approximate surface area is 192 Å². The van der Waals surface area contributed by atoms with Gasteiger partial charge in [-0.25, -0.2) is 4.90 Å². The number of halogens is 1. The number of aryl methyl sites for hydroxylation is 3. The van der Waals surface area contributed by atoms with E-state index in [1.807, 2.05) is 51.1 Å². The number of nitrogens with zero attached hydrogens (tertiary/aromatic N) is 1. The molecule has 5 nitrogen and oxygen atoms in total. The molecule has 1 aliphatic rings. The Morgan fingerprint density at radius 1 is 0.844 bits per heavy atom. The zero-order chi connectivity index (χ0) is 23.0. The van der Waals surface area contributed by atoms with Crippen molar-refractivity contribution < 1.29 is 14.3 Å². The largest absolute Gasteiger partial charge is 0.497 e. The minimum absolute atomic E-state index is 0.209. The SMILES string of the molecule is COc1ccc(C2=C(Nc3ccc(C)c(Cl)c3)C(=O)N(c3cc(C)ccc3C)C2=O)cc1. The van der Waals surface area contributed by atoms with Gasteiger partial charge in [0.05, 0.1) is 18.4 Å². The van der Waals surface area contributed by atoms with E-state index < -0.39 is 5.91 Å². The number of hydrogen-bond acceptors (Lipinski definition) is 4. The number of benzene rings is 3. The molecule has 0 atom stereocenters. The number of nitrogens with one attached hydrogen (secondary N) is 1. The van der Waals surface area contributed by atoms with Crippen molar-refractivity contribution in [3.8, 4) is 5.75 Å². The molecule has 1 aliphatic heterocycles. The lowest BCUT2D eigenvalue weighted by atomic mass is 10.0. The lowest BCUT2D eigenvalue weighted by Gasteiger charge is -2.18. The van der Waals surface area contributed by atoms with Gasteiger partial charge in [-0.15, -0.1) is 0 Å². The van der Waals surface area contributed by atoms with E-state index >= 15 is 0 Å². The summed E-state index contributed by atoms with van der Waals surface area (Å²) in [5, 5.41) is 3.73. The molecule has 6 heteroatoms. The van der Waals surface area contributed by atoms with Crippen molar-refractivity contribution in [2.24, 2.45) is 0 Å². The Kier molecular flexibility index (Phi) is 5.76. The molecule has 3 aromatic carbocycles. The van der Waals surface area contributed by atoms with E-state index in [1.54, 1.807) is 37.4 Å². The van der Waals surface area contributed by atoms with Gasteiger partial charge in [0.2, 0.25) is 0 Å². The van der Waals surface area contributed by atoms with Crippen LogP contribution in [0.2, 0.25) is 5.02 Å². The molecular formula is C26H23ClN2O3. The van der Waals surface area contributed by atoms with Gasteiger partial charge in [0, 0.05) is 10.7 Å². The molecule has 162 valence electrons. The molecule has 2 amide bonds. The highest BCUT2D eigenvalue weighted by atomic mass is 35.5. The highest BCUT2D eigenvalue weighted by molar-refractivity contribution is 6.46. The van der Waals surface area contributed by atoms with Gasteiger partial charge >= 0.3 is 0 Å². The minimum Gasteiger partial charge on any atom is -0.497 e. The zero-order valence-corrected chi connectivity index (χ0v) is 19.1. The number of carbonyl (C=O) groups is 2. The van der Waals surface area contributed by atoms with Gasteiger partial charge < -0.3 is 10.1 Å². The van der Waals surface area contributed by atoms with Gasteiger partial charge in [-0.1, -0.05) is 41.9 Å². The van der Waals surface area contributed by atoms with Crippen molar-refractivity contribution in [2.75, 3.05) is 17.3 Å². The van der Waals surface area contributed by atoms with E-state index in [-0.39, 0.29) is 11.6 Å². The topological polar surface area (TPSA) is 58.6 Å². The maximum absolute atomic E-state index is 13.6. The van der Waals surface area contributed by atoms with Crippen LogP contribution in [0.3, 0.4) is 0 Å². The van der Waals surface area contributed by atoms with Gasteiger partial charge in [0.15, 0.2) is 0 Å². The molecule has 1 N–H and O–H groups in total. The fraction of sp³-hybridized carbons (Fsp3) is 0.154. The van der Waals surface area contributed by atoms with Gasteiger partial charge in [-0.3, -0.25) is 9.59 Å². The van der Waals surface area contributed by atoms with Crippen molar-refractivity contribution in [3.05, 3.63) is 93.6 Å². The number of ether oxygens (including phenoxy) is 1. The summed E-state index contributed by atoms with van der Waals surface area (Å²) in [6.07, 6.45) is 0. The molecule has 0 aliphatic carbocycles. The van der Waals surface area contributed by atoms with Crippen LogP contribution in [0.25, 0.3) is 5.57 Å². The fourth-order valence-electron chi connectivity index (χ4n) is 3.67. The van der Waals surface area contributed by atoms with Crippen molar-refractivity contribution >= 4 is 40.4 Å². The smallest absolute Gasteiger partial charge is 0.282 e. The summed E-state index contributed by atoms with van der Waals surface area (Å²) in [6.45, 7) is 5.72. The van der Waals surface area contributed by atoms with E-state index in [9.17, 15) is 9.59 Å². The number of amides is 2. The Morgan fingerprint density at radius 2 is 1.53 bits per heavy atom. The second kappa shape index (κ2) is 8.52. The highest BCUT2D eigenvalue weighted by Gasteiger charge is 2.40. The Morgan fingerprint density at radius 3 is 2.19 bits per heavy atom. The minimum atomic E-state index is -0.411. The number of rotatable bonds is 5. The quantitative estimate of drug-likeness (QED) is 0.513. The molecular weight excluding hydrogens is 424 g/mol.